The van der Waals surface area contributed by atoms with Crippen LogP contribution in [0.4, 0.5) is 5.69 Å². The third-order valence-electron chi connectivity index (χ3n) is 3.56. The fourth-order valence-corrected chi connectivity index (χ4v) is 1.91. The Bertz CT molecular complexity index is 540. The van der Waals surface area contributed by atoms with Crippen molar-refractivity contribution in [3.63, 3.8) is 0 Å². The number of nitro benzene ring substituents is 1. The number of ether oxygens (including phenoxy) is 1. The molecule has 0 aromatic heterocycles. The van der Waals surface area contributed by atoms with Gasteiger partial charge in [-0.25, -0.2) is 0 Å². The lowest BCUT2D eigenvalue weighted by molar-refractivity contribution is -0.384. The van der Waals surface area contributed by atoms with Crippen molar-refractivity contribution in [1.29, 1.82) is 0 Å². The van der Waals surface area contributed by atoms with Crippen molar-refractivity contribution in [3.05, 3.63) is 33.9 Å². The number of carbonyl (C=O) groups is 1. The van der Waals surface area contributed by atoms with Crippen LogP contribution in [0.3, 0.4) is 0 Å². The van der Waals surface area contributed by atoms with Crippen LogP contribution >= 0.6 is 0 Å². The zero-order valence-corrected chi connectivity index (χ0v) is 11.1. The number of rotatable bonds is 6. The molecule has 0 saturated heterocycles. The van der Waals surface area contributed by atoms with Gasteiger partial charge in [0.15, 0.2) is 0 Å². The van der Waals surface area contributed by atoms with E-state index in [1.54, 1.807) is 0 Å². The van der Waals surface area contributed by atoms with Crippen LogP contribution in [0.1, 0.15) is 23.2 Å². The van der Waals surface area contributed by atoms with Gasteiger partial charge in [-0.15, -0.1) is 0 Å². The largest absolute Gasteiger partial charge is 0.496 e. The number of nitro groups is 1. The highest BCUT2D eigenvalue weighted by Crippen LogP contribution is 2.44. The van der Waals surface area contributed by atoms with E-state index in [4.69, 9.17) is 4.74 Å². The minimum atomic E-state index is -0.546. The van der Waals surface area contributed by atoms with Crippen LogP contribution < -0.4 is 10.1 Å². The van der Waals surface area contributed by atoms with Crippen molar-refractivity contribution in [2.45, 2.75) is 12.8 Å². The molecular weight excluding hydrogens is 264 g/mol. The van der Waals surface area contributed by atoms with E-state index in [-0.39, 0.29) is 34.9 Å². The summed E-state index contributed by atoms with van der Waals surface area (Å²) in [6.07, 6.45) is 1.78. The normalized spacial score (nSPS) is 15.5. The molecule has 2 N–H and O–H groups in total. The van der Waals surface area contributed by atoms with Gasteiger partial charge in [-0.3, -0.25) is 14.9 Å². The quantitative estimate of drug-likeness (QED) is 0.600. The highest BCUT2D eigenvalue weighted by molar-refractivity contribution is 5.97. The number of carbonyl (C=O) groups excluding carboxylic acids is 1. The van der Waals surface area contributed by atoms with Crippen LogP contribution in [0.15, 0.2) is 18.2 Å². The molecule has 1 aromatic rings. The summed E-state index contributed by atoms with van der Waals surface area (Å²) in [5.41, 5.74) is -0.0804. The lowest BCUT2D eigenvalue weighted by atomic mass is 10.1. The number of nitrogens with zero attached hydrogens (tertiary/aromatic N) is 1. The Kier molecular flexibility index (Phi) is 3.89. The molecule has 20 heavy (non-hydrogen) atoms. The first-order chi connectivity index (χ1) is 9.51. The molecule has 108 valence electrons. The zero-order valence-electron chi connectivity index (χ0n) is 11.1. The second-order valence-electron chi connectivity index (χ2n) is 4.98. The number of methoxy groups -OCH3 is 1. The van der Waals surface area contributed by atoms with Crippen molar-refractivity contribution in [2.24, 2.45) is 5.41 Å². The molecule has 0 atom stereocenters. The van der Waals surface area contributed by atoms with Gasteiger partial charge in [-0.2, -0.15) is 0 Å². The molecule has 1 aliphatic carbocycles. The second-order valence-corrected chi connectivity index (χ2v) is 4.98. The number of benzene rings is 1. The molecule has 7 nitrogen and oxygen atoms in total. The van der Waals surface area contributed by atoms with E-state index in [1.807, 2.05) is 0 Å². The summed E-state index contributed by atoms with van der Waals surface area (Å²) < 4.78 is 5.02. The van der Waals surface area contributed by atoms with E-state index in [0.717, 1.165) is 12.8 Å². The first-order valence-electron chi connectivity index (χ1n) is 6.23. The van der Waals surface area contributed by atoms with Gasteiger partial charge in [0.25, 0.3) is 11.6 Å². The summed E-state index contributed by atoms with van der Waals surface area (Å²) in [4.78, 5) is 22.2. The SMILES string of the molecule is COc1cc([N+](=O)[O-])ccc1C(=O)NCC1(CO)CC1. The molecule has 1 fully saturated rings. The Morgan fingerprint density at radius 3 is 2.75 bits per heavy atom. The maximum atomic E-state index is 12.1. The second kappa shape index (κ2) is 5.46. The van der Waals surface area contributed by atoms with Crippen molar-refractivity contribution in [2.75, 3.05) is 20.3 Å². The maximum absolute atomic E-state index is 12.1. The van der Waals surface area contributed by atoms with Gasteiger partial charge in [0.05, 0.1) is 30.3 Å². The first kappa shape index (κ1) is 14.3. The number of aliphatic hydroxyl groups excluding tert-OH is 1. The van der Waals surface area contributed by atoms with Crippen molar-refractivity contribution >= 4 is 11.6 Å². The van der Waals surface area contributed by atoms with Crippen LogP contribution in [0, 0.1) is 15.5 Å². The van der Waals surface area contributed by atoms with Gasteiger partial charge in [-0.05, 0) is 18.9 Å². The monoisotopic (exact) mass is 280 g/mol. The average Bonchev–Trinajstić information content (AvgIpc) is 3.24. The number of hydrogen-bond donors (Lipinski definition) is 2. The minimum absolute atomic E-state index is 0.0463. The Morgan fingerprint density at radius 1 is 1.55 bits per heavy atom. The van der Waals surface area contributed by atoms with E-state index in [1.165, 1.54) is 25.3 Å². The van der Waals surface area contributed by atoms with Crippen LogP contribution in [0.2, 0.25) is 0 Å². The fraction of sp³-hybridized carbons (Fsp3) is 0.462. The van der Waals surface area contributed by atoms with Crippen molar-refractivity contribution in [3.8, 4) is 5.75 Å². The predicted octanol–water partition coefficient (Wildman–Crippen LogP) is 1.11. The molecule has 0 radical (unpaired) electrons. The minimum Gasteiger partial charge on any atom is -0.496 e. The number of non-ortho nitro benzene ring substituents is 1. The molecule has 0 aliphatic heterocycles. The third kappa shape index (κ3) is 2.88. The standard InChI is InChI=1S/C13H16N2O5/c1-20-11-6-9(15(18)19)2-3-10(11)12(17)14-7-13(8-16)4-5-13/h2-3,6,16H,4-5,7-8H2,1H3,(H,14,17). The Hall–Kier alpha value is -2.15. The Balaban J connectivity index is 2.11. The van der Waals surface area contributed by atoms with Gasteiger partial charge in [0, 0.05) is 18.0 Å². The molecule has 0 unspecified atom stereocenters. The first-order valence-corrected chi connectivity index (χ1v) is 6.23. The van der Waals surface area contributed by atoms with Gasteiger partial charge in [0.2, 0.25) is 0 Å². The fourth-order valence-electron chi connectivity index (χ4n) is 1.91. The summed E-state index contributed by atoms with van der Waals surface area (Å²) in [7, 11) is 1.35. The van der Waals surface area contributed by atoms with E-state index in [2.05, 4.69) is 5.32 Å². The van der Waals surface area contributed by atoms with Crippen LogP contribution in [0.5, 0.6) is 5.75 Å². The van der Waals surface area contributed by atoms with Crippen molar-refractivity contribution < 1.29 is 19.6 Å². The molecule has 0 heterocycles. The average molecular weight is 280 g/mol. The lowest BCUT2D eigenvalue weighted by Gasteiger charge is -2.14. The Labute approximate surface area is 115 Å². The summed E-state index contributed by atoms with van der Waals surface area (Å²) in [6, 6.07) is 3.84. The van der Waals surface area contributed by atoms with E-state index < -0.39 is 4.92 Å². The molecule has 1 aliphatic rings. The van der Waals surface area contributed by atoms with E-state index in [9.17, 15) is 20.0 Å². The predicted molar refractivity (Wildman–Crippen MR) is 70.7 cm³/mol. The van der Waals surface area contributed by atoms with Crippen LogP contribution in [0.25, 0.3) is 0 Å². The molecule has 1 saturated carbocycles. The Morgan fingerprint density at radius 2 is 2.25 bits per heavy atom. The summed E-state index contributed by atoms with van der Waals surface area (Å²) >= 11 is 0. The highest BCUT2D eigenvalue weighted by Gasteiger charge is 2.42. The van der Waals surface area contributed by atoms with E-state index in [0.29, 0.717) is 6.54 Å². The number of aliphatic hydroxyl groups is 1. The van der Waals surface area contributed by atoms with Gasteiger partial charge in [0.1, 0.15) is 5.75 Å². The number of hydrogen-bond acceptors (Lipinski definition) is 5. The van der Waals surface area contributed by atoms with Gasteiger partial charge >= 0.3 is 0 Å². The van der Waals surface area contributed by atoms with Gasteiger partial charge in [-0.1, -0.05) is 0 Å². The number of nitrogens with one attached hydrogen (secondary N) is 1. The molecule has 7 heteroatoms. The third-order valence-corrected chi connectivity index (χ3v) is 3.56. The molecular formula is C13H16N2O5. The van der Waals surface area contributed by atoms with E-state index >= 15 is 0 Å². The van der Waals surface area contributed by atoms with Crippen molar-refractivity contribution in [1.82, 2.24) is 5.32 Å². The maximum Gasteiger partial charge on any atom is 0.273 e. The topological polar surface area (TPSA) is 102 Å². The number of amides is 1. The molecule has 1 aromatic carbocycles. The molecule has 2 rings (SSSR count). The zero-order chi connectivity index (χ0) is 14.8. The summed E-state index contributed by atoms with van der Waals surface area (Å²) in [5.74, 6) is -0.206. The van der Waals surface area contributed by atoms with Gasteiger partial charge < -0.3 is 15.2 Å². The molecule has 0 bridgehead atoms. The molecule has 1 amide bonds. The lowest BCUT2D eigenvalue weighted by Crippen LogP contribution is -2.32. The van der Waals surface area contributed by atoms with Crippen LogP contribution in [-0.2, 0) is 0 Å². The summed E-state index contributed by atoms with van der Waals surface area (Å²) in [6.45, 7) is 0.438. The summed E-state index contributed by atoms with van der Waals surface area (Å²) in [5, 5.41) is 22.6. The smallest absolute Gasteiger partial charge is 0.273 e. The van der Waals surface area contributed by atoms with Crippen LogP contribution in [-0.4, -0.2) is 36.2 Å². The highest BCUT2D eigenvalue weighted by atomic mass is 16.6. The molecule has 0 spiro atoms.